The van der Waals surface area contributed by atoms with Crippen molar-refractivity contribution in [3.05, 3.63) is 0 Å². The van der Waals surface area contributed by atoms with E-state index in [1.54, 1.807) is 0 Å². The smallest absolute Gasteiger partial charge is 0.393 e. The third kappa shape index (κ3) is 5.24. The third-order valence-corrected chi connectivity index (χ3v) is 1.89. The lowest BCUT2D eigenvalue weighted by Gasteiger charge is -2.23. The number of carboxylic acid groups (broad SMARTS) is 1. The van der Waals surface area contributed by atoms with E-state index in [2.05, 4.69) is 10.5 Å². The Kier molecular flexibility index (Phi) is 4.47. The van der Waals surface area contributed by atoms with Gasteiger partial charge in [0.15, 0.2) is 0 Å². The predicted molar refractivity (Wildman–Crippen MR) is 50.4 cm³/mol. The zero-order chi connectivity index (χ0) is 10.5. The Bertz CT molecular complexity index is 206. The molecule has 5 nitrogen and oxygen atoms in total. The first-order chi connectivity index (χ1) is 5.89. The lowest BCUT2D eigenvalue weighted by atomic mass is 9.96. The summed E-state index contributed by atoms with van der Waals surface area (Å²) < 4.78 is 0. The summed E-state index contributed by atoms with van der Waals surface area (Å²) in [4.78, 5) is 20.7. The van der Waals surface area contributed by atoms with Crippen LogP contribution in [0.4, 0.5) is 0 Å². The Balaban J connectivity index is 3.68. The minimum atomic E-state index is -1.46. The molecule has 0 atom stereocenters. The van der Waals surface area contributed by atoms with Crippen LogP contribution in [-0.4, -0.2) is 30.1 Å². The van der Waals surface area contributed by atoms with Crippen LogP contribution in [0.3, 0.4) is 0 Å². The van der Waals surface area contributed by atoms with Crippen molar-refractivity contribution >= 4 is 19.4 Å². The van der Waals surface area contributed by atoms with Gasteiger partial charge in [0, 0.05) is 5.54 Å². The van der Waals surface area contributed by atoms with Crippen LogP contribution in [-0.2, 0) is 9.59 Å². The molecule has 0 bridgehead atoms. The standard InChI is InChI=1S/C7H15BN2O3/c1-4-7(2,3)10-8-9-5(11)6(12)13/h8,10H,4H2,1-3H3,(H,9,11)(H,12,13). The molecular weight excluding hydrogens is 171 g/mol. The highest BCUT2D eigenvalue weighted by Crippen LogP contribution is 2.04. The summed E-state index contributed by atoms with van der Waals surface area (Å²) >= 11 is 0. The van der Waals surface area contributed by atoms with Crippen LogP contribution in [0, 0.1) is 0 Å². The summed E-state index contributed by atoms with van der Waals surface area (Å²) in [5.74, 6) is -2.45. The summed E-state index contributed by atoms with van der Waals surface area (Å²) in [7, 11) is 0.173. The van der Waals surface area contributed by atoms with Crippen molar-refractivity contribution < 1.29 is 14.7 Å². The largest absolute Gasteiger partial charge is 0.474 e. The van der Waals surface area contributed by atoms with Gasteiger partial charge in [-0.15, -0.1) is 0 Å². The Labute approximate surface area is 78.2 Å². The molecule has 0 saturated carbocycles. The first-order valence-corrected chi connectivity index (χ1v) is 4.15. The van der Waals surface area contributed by atoms with Gasteiger partial charge < -0.3 is 15.6 Å². The molecule has 74 valence electrons. The summed E-state index contributed by atoms with van der Waals surface area (Å²) in [6.07, 6.45) is 0.899. The van der Waals surface area contributed by atoms with E-state index in [0.29, 0.717) is 0 Å². The summed E-state index contributed by atoms with van der Waals surface area (Å²) in [6, 6.07) is 0. The van der Waals surface area contributed by atoms with Gasteiger partial charge in [0.2, 0.25) is 0 Å². The molecule has 13 heavy (non-hydrogen) atoms. The van der Waals surface area contributed by atoms with Gasteiger partial charge in [-0.05, 0) is 20.3 Å². The van der Waals surface area contributed by atoms with Crippen molar-refractivity contribution in [2.75, 3.05) is 0 Å². The molecule has 1 amide bonds. The van der Waals surface area contributed by atoms with Crippen LogP contribution in [0.2, 0.25) is 0 Å². The summed E-state index contributed by atoms with van der Waals surface area (Å²) in [5, 5.41) is 13.5. The second kappa shape index (κ2) is 4.86. The van der Waals surface area contributed by atoms with Crippen molar-refractivity contribution in [3.63, 3.8) is 0 Å². The minimum absolute atomic E-state index is 0.0915. The molecule has 0 unspecified atom stereocenters. The monoisotopic (exact) mass is 186 g/mol. The van der Waals surface area contributed by atoms with E-state index in [1.807, 2.05) is 20.8 Å². The average molecular weight is 186 g/mol. The predicted octanol–water partition coefficient (Wildman–Crippen LogP) is -0.768. The zero-order valence-corrected chi connectivity index (χ0v) is 8.18. The van der Waals surface area contributed by atoms with E-state index in [-0.39, 0.29) is 13.1 Å². The van der Waals surface area contributed by atoms with Crippen LogP contribution < -0.4 is 10.5 Å². The molecular formula is C7H15BN2O3. The number of rotatable bonds is 4. The van der Waals surface area contributed by atoms with Gasteiger partial charge in [0.25, 0.3) is 0 Å². The molecule has 0 fully saturated rings. The molecule has 0 heterocycles. The number of amides is 1. The highest BCUT2D eigenvalue weighted by atomic mass is 16.4. The maximum absolute atomic E-state index is 10.6. The van der Waals surface area contributed by atoms with Gasteiger partial charge in [0.1, 0.15) is 0 Å². The molecule has 0 aromatic rings. The highest BCUT2D eigenvalue weighted by molar-refractivity contribution is 6.45. The molecule has 0 aliphatic rings. The molecule has 0 aromatic carbocycles. The quantitative estimate of drug-likeness (QED) is 0.398. The van der Waals surface area contributed by atoms with Gasteiger partial charge >= 0.3 is 19.4 Å². The third-order valence-electron chi connectivity index (χ3n) is 1.89. The van der Waals surface area contributed by atoms with E-state index in [1.165, 1.54) is 0 Å². The van der Waals surface area contributed by atoms with Gasteiger partial charge in [-0.1, -0.05) is 6.92 Å². The molecule has 0 rings (SSSR count). The first kappa shape index (κ1) is 12.0. The van der Waals surface area contributed by atoms with Gasteiger partial charge in [-0.2, -0.15) is 0 Å². The number of aliphatic carboxylic acids is 1. The number of carbonyl (C=O) groups is 2. The molecule has 0 aliphatic heterocycles. The molecule has 0 spiro atoms. The fourth-order valence-corrected chi connectivity index (χ4v) is 0.564. The molecule has 0 radical (unpaired) electrons. The Morgan fingerprint density at radius 3 is 2.38 bits per heavy atom. The first-order valence-electron chi connectivity index (χ1n) is 4.15. The van der Waals surface area contributed by atoms with E-state index >= 15 is 0 Å². The molecule has 0 aromatic heterocycles. The fraction of sp³-hybridized carbons (Fsp3) is 0.714. The number of carbonyl (C=O) groups excluding carboxylic acids is 1. The topological polar surface area (TPSA) is 78.4 Å². The molecule has 6 heteroatoms. The van der Waals surface area contributed by atoms with Crippen LogP contribution >= 0.6 is 0 Å². The second-order valence-corrected chi connectivity index (χ2v) is 3.40. The van der Waals surface area contributed by atoms with Crippen molar-refractivity contribution in [1.82, 2.24) is 10.5 Å². The lowest BCUT2D eigenvalue weighted by molar-refractivity contribution is -0.149. The van der Waals surface area contributed by atoms with Gasteiger partial charge in [-0.25, -0.2) is 4.79 Å². The van der Waals surface area contributed by atoms with E-state index in [9.17, 15) is 9.59 Å². The number of hydrogen-bond donors (Lipinski definition) is 3. The van der Waals surface area contributed by atoms with Crippen molar-refractivity contribution in [2.45, 2.75) is 32.7 Å². The van der Waals surface area contributed by atoms with Crippen molar-refractivity contribution in [3.8, 4) is 0 Å². The van der Waals surface area contributed by atoms with Gasteiger partial charge in [-0.3, -0.25) is 4.79 Å². The normalized spacial score (nSPS) is 10.7. The lowest BCUT2D eigenvalue weighted by Crippen LogP contribution is -2.49. The summed E-state index contributed by atoms with van der Waals surface area (Å²) in [6.45, 7) is 5.95. The van der Waals surface area contributed by atoms with Crippen molar-refractivity contribution in [2.24, 2.45) is 0 Å². The van der Waals surface area contributed by atoms with Crippen LogP contribution in [0.25, 0.3) is 0 Å². The van der Waals surface area contributed by atoms with Crippen molar-refractivity contribution in [1.29, 1.82) is 0 Å². The minimum Gasteiger partial charge on any atom is -0.474 e. The van der Waals surface area contributed by atoms with Crippen LogP contribution in [0.15, 0.2) is 0 Å². The number of hydrogen-bond acceptors (Lipinski definition) is 3. The molecule has 0 aliphatic carbocycles. The van der Waals surface area contributed by atoms with E-state index in [4.69, 9.17) is 5.11 Å². The molecule has 3 N–H and O–H groups in total. The number of nitrogens with one attached hydrogen (secondary N) is 2. The van der Waals surface area contributed by atoms with Crippen LogP contribution in [0.1, 0.15) is 27.2 Å². The number of carboxylic acids is 1. The van der Waals surface area contributed by atoms with E-state index in [0.717, 1.165) is 6.42 Å². The fourth-order valence-electron chi connectivity index (χ4n) is 0.564. The van der Waals surface area contributed by atoms with E-state index < -0.39 is 11.9 Å². The SMILES string of the molecule is CCC(C)(C)NBNC(=O)C(=O)O. The zero-order valence-electron chi connectivity index (χ0n) is 8.18. The Hall–Kier alpha value is -1.04. The average Bonchev–Trinajstić information content (AvgIpc) is 2.04. The Morgan fingerprint density at radius 2 is 2.00 bits per heavy atom. The van der Waals surface area contributed by atoms with Gasteiger partial charge in [0.05, 0.1) is 0 Å². The Morgan fingerprint density at radius 1 is 1.46 bits per heavy atom. The maximum Gasteiger partial charge on any atom is 0.393 e. The van der Waals surface area contributed by atoms with Crippen LogP contribution in [0.5, 0.6) is 0 Å². The molecule has 0 saturated heterocycles. The highest BCUT2D eigenvalue weighted by Gasteiger charge is 2.16. The maximum atomic E-state index is 10.6. The summed E-state index contributed by atoms with van der Waals surface area (Å²) in [5.41, 5.74) is -0.0915. The second-order valence-electron chi connectivity index (χ2n) is 3.40.